The van der Waals surface area contributed by atoms with Crippen LogP contribution in [0.1, 0.15) is 11.1 Å². The Morgan fingerprint density at radius 1 is 1.33 bits per heavy atom. The molecule has 0 unspecified atom stereocenters. The lowest BCUT2D eigenvalue weighted by atomic mass is 10.1. The van der Waals surface area contributed by atoms with Crippen molar-refractivity contribution in [1.29, 1.82) is 5.26 Å². The predicted octanol–water partition coefficient (Wildman–Crippen LogP) is 0.596. The fraction of sp³-hybridized carbons (Fsp3) is 0.0833. The Bertz CT molecular complexity index is 740. The maximum absolute atomic E-state index is 13.2. The summed E-state index contributed by atoms with van der Waals surface area (Å²) in [5, 5.41) is 8.71. The molecule has 0 atom stereocenters. The molecule has 1 aromatic carbocycles. The highest BCUT2D eigenvalue weighted by atomic mass is 19.1. The molecule has 2 rings (SSSR count). The summed E-state index contributed by atoms with van der Waals surface area (Å²) in [6, 6.07) is 6.86. The highest BCUT2D eigenvalue weighted by molar-refractivity contribution is 5.33. The van der Waals surface area contributed by atoms with Crippen LogP contribution >= 0.6 is 0 Å². The molecular weight excluding hydrogens is 237 g/mol. The first-order chi connectivity index (χ1) is 8.58. The molecule has 18 heavy (non-hydrogen) atoms. The van der Waals surface area contributed by atoms with Crippen molar-refractivity contribution in [3.05, 3.63) is 68.2 Å². The maximum Gasteiger partial charge on any atom is 0.328 e. The molecule has 0 aliphatic rings. The van der Waals surface area contributed by atoms with Gasteiger partial charge in [0.25, 0.3) is 5.56 Å². The van der Waals surface area contributed by atoms with E-state index in [1.165, 1.54) is 29.0 Å². The quantitative estimate of drug-likeness (QED) is 0.841. The van der Waals surface area contributed by atoms with Crippen LogP contribution < -0.4 is 11.2 Å². The highest BCUT2D eigenvalue weighted by Gasteiger charge is 2.03. The van der Waals surface area contributed by atoms with Crippen molar-refractivity contribution in [2.75, 3.05) is 0 Å². The van der Waals surface area contributed by atoms with Gasteiger partial charge in [-0.05, 0) is 23.8 Å². The van der Waals surface area contributed by atoms with Crippen LogP contribution in [0.2, 0.25) is 0 Å². The van der Waals surface area contributed by atoms with E-state index in [2.05, 4.69) is 4.98 Å². The van der Waals surface area contributed by atoms with E-state index >= 15 is 0 Å². The molecule has 0 bridgehead atoms. The summed E-state index contributed by atoms with van der Waals surface area (Å²) >= 11 is 0. The number of nitriles is 1. The SMILES string of the molecule is N#Cc1cc(F)cc(Cn2ccc(=O)[nH]c2=O)c1. The third kappa shape index (κ3) is 2.52. The second kappa shape index (κ2) is 4.67. The van der Waals surface area contributed by atoms with Crippen molar-refractivity contribution >= 4 is 0 Å². The first-order valence-corrected chi connectivity index (χ1v) is 5.08. The van der Waals surface area contributed by atoms with E-state index in [1.54, 1.807) is 0 Å². The van der Waals surface area contributed by atoms with Gasteiger partial charge in [-0.3, -0.25) is 14.3 Å². The van der Waals surface area contributed by atoms with Gasteiger partial charge in [0.15, 0.2) is 0 Å². The number of aromatic nitrogens is 2. The van der Waals surface area contributed by atoms with Gasteiger partial charge in [0.2, 0.25) is 0 Å². The number of halogens is 1. The molecule has 0 saturated heterocycles. The summed E-state index contributed by atoms with van der Waals surface area (Å²) in [4.78, 5) is 24.4. The molecule has 1 aromatic heterocycles. The number of rotatable bonds is 2. The van der Waals surface area contributed by atoms with Crippen LogP contribution in [0.25, 0.3) is 0 Å². The van der Waals surface area contributed by atoms with Crippen LogP contribution in [-0.4, -0.2) is 9.55 Å². The lowest BCUT2D eigenvalue weighted by Crippen LogP contribution is -2.28. The van der Waals surface area contributed by atoms with E-state index in [0.29, 0.717) is 5.56 Å². The predicted molar refractivity (Wildman–Crippen MR) is 61.5 cm³/mol. The Morgan fingerprint density at radius 3 is 2.78 bits per heavy atom. The molecule has 1 heterocycles. The van der Waals surface area contributed by atoms with Gasteiger partial charge in [-0.2, -0.15) is 5.26 Å². The van der Waals surface area contributed by atoms with Gasteiger partial charge in [0, 0.05) is 12.3 Å². The number of aromatic amines is 1. The minimum absolute atomic E-state index is 0.0854. The Labute approximate surface area is 101 Å². The van der Waals surface area contributed by atoms with Gasteiger partial charge < -0.3 is 0 Å². The average Bonchev–Trinajstić information content (AvgIpc) is 2.32. The van der Waals surface area contributed by atoms with E-state index < -0.39 is 17.1 Å². The number of H-pyrrole nitrogens is 1. The Hall–Kier alpha value is -2.68. The minimum Gasteiger partial charge on any atom is -0.296 e. The van der Waals surface area contributed by atoms with Crippen molar-refractivity contribution in [1.82, 2.24) is 9.55 Å². The zero-order chi connectivity index (χ0) is 13.1. The van der Waals surface area contributed by atoms with Crippen LogP contribution in [0.4, 0.5) is 4.39 Å². The highest BCUT2D eigenvalue weighted by Crippen LogP contribution is 2.09. The molecule has 0 amide bonds. The van der Waals surface area contributed by atoms with Crippen molar-refractivity contribution in [3.63, 3.8) is 0 Å². The monoisotopic (exact) mass is 245 g/mol. The first-order valence-electron chi connectivity index (χ1n) is 5.08. The number of nitrogens with zero attached hydrogens (tertiary/aromatic N) is 2. The molecule has 6 heteroatoms. The molecule has 0 aliphatic carbocycles. The van der Waals surface area contributed by atoms with Gasteiger partial charge in [-0.15, -0.1) is 0 Å². The Kier molecular flexibility index (Phi) is 3.06. The van der Waals surface area contributed by atoms with Gasteiger partial charge in [0.1, 0.15) is 5.82 Å². The van der Waals surface area contributed by atoms with E-state index in [0.717, 1.165) is 6.07 Å². The normalized spacial score (nSPS) is 10.0. The van der Waals surface area contributed by atoms with Crippen LogP contribution in [0, 0.1) is 17.1 Å². The third-order valence-electron chi connectivity index (χ3n) is 2.34. The van der Waals surface area contributed by atoms with Crippen molar-refractivity contribution in [2.24, 2.45) is 0 Å². The van der Waals surface area contributed by atoms with Crippen LogP contribution in [-0.2, 0) is 6.54 Å². The summed E-state index contributed by atoms with van der Waals surface area (Å²) in [5.74, 6) is -0.540. The number of nitrogens with one attached hydrogen (secondary N) is 1. The molecule has 0 radical (unpaired) electrons. The Balaban J connectivity index is 2.40. The summed E-state index contributed by atoms with van der Waals surface area (Å²) in [6.07, 6.45) is 1.32. The molecular formula is C12H8FN3O2. The fourth-order valence-electron chi connectivity index (χ4n) is 1.57. The van der Waals surface area contributed by atoms with Crippen molar-refractivity contribution in [3.8, 4) is 6.07 Å². The number of hydrogen-bond acceptors (Lipinski definition) is 3. The smallest absolute Gasteiger partial charge is 0.296 e. The average molecular weight is 245 g/mol. The summed E-state index contributed by atoms with van der Waals surface area (Å²) < 4.78 is 14.4. The van der Waals surface area contributed by atoms with Crippen LogP contribution in [0.5, 0.6) is 0 Å². The van der Waals surface area contributed by atoms with E-state index in [9.17, 15) is 14.0 Å². The Morgan fingerprint density at radius 2 is 2.11 bits per heavy atom. The maximum atomic E-state index is 13.2. The fourth-order valence-corrected chi connectivity index (χ4v) is 1.57. The summed E-state index contributed by atoms with van der Waals surface area (Å²) in [6.45, 7) is 0.0854. The molecule has 0 saturated carbocycles. The lowest BCUT2D eigenvalue weighted by molar-refractivity contribution is 0.621. The molecule has 5 nitrogen and oxygen atoms in total. The third-order valence-corrected chi connectivity index (χ3v) is 2.34. The second-order valence-corrected chi connectivity index (χ2v) is 3.70. The zero-order valence-electron chi connectivity index (χ0n) is 9.18. The first kappa shape index (κ1) is 11.8. The van der Waals surface area contributed by atoms with Gasteiger partial charge in [-0.1, -0.05) is 0 Å². The van der Waals surface area contributed by atoms with E-state index in [1.807, 2.05) is 6.07 Å². The molecule has 2 aromatic rings. The molecule has 1 N–H and O–H groups in total. The zero-order valence-corrected chi connectivity index (χ0v) is 9.18. The number of hydrogen-bond donors (Lipinski definition) is 1. The topological polar surface area (TPSA) is 78.7 Å². The molecule has 0 fully saturated rings. The lowest BCUT2D eigenvalue weighted by Gasteiger charge is -2.05. The van der Waals surface area contributed by atoms with E-state index in [4.69, 9.17) is 5.26 Å². The second-order valence-electron chi connectivity index (χ2n) is 3.70. The molecule has 90 valence electrons. The summed E-state index contributed by atoms with van der Waals surface area (Å²) in [7, 11) is 0. The van der Waals surface area contributed by atoms with Crippen LogP contribution in [0.15, 0.2) is 40.1 Å². The number of benzene rings is 1. The van der Waals surface area contributed by atoms with Gasteiger partial charge >= 0.3 is 5.69 Å². The molecule has 0 spiro atoms. The standard InChI is InChI=1S/C12H8FN3O2/c13-10-4-8(6-14)3-9(5-10)7-16-2-1-11(17)15-12(16)18/h1-5H,7H2,(H,15,17,18). The van der Waals surface area contributed by atoms with Crippen molar-refractivity contribution in [2.45, 2.75) is 6.54 Å². The largest absolute Gasteiger partial charge is 0.328 e. The van der Waals surface area contributed by atoms with Gasteiger partial charge in [0.05, 0.1) is 18.2 Å². The van der Waals surface area contributed by atoms with Gasteiger partial charge in [-0.25, -0.2) is 9.18 Å². The van der Waals surface area contributed by atoms with Crippen molar-refractivity contribution < 1.29 is 4.39 Å². The van der Waals surface area contributed by atoms with Crippen LogP contribution in [0.3, 0.4) is 0 Å². The molecule has 0 aliphatic heterocycles. The minimum atomic E-state index is -0.578. The summed E-state index contributed by atoms with van der Waals surface area (Å²) in [5.41, 5.74) is -0.415. The van der Waals surface area contributed by atoms with E-state index in [-0.39, 0.29) is 12.1 Å².